The molecule has 1 aromatic carbocycles. The fourth-order valence-electron chi connectivity index (χ4n) is 6.05. The van der Waals surface area contributed by atoms with Crippen molar-refractivity contribution < 1.29 is 9.53 Å². The number of nitrogen functional groups attached to an aromatic ring is 1. The van der Waals surface area contributed by atoms with Gasteiger partial charge in [-0.1, -0.05) is 36.4 Å². The number of hydrogen-bond donors (Lipinski definition) is 1. The summed E-state index contributed by atoms with van der Waals surface area (Å²) in [5.74, 6) is 0.807. The lowest BCUT2D eigenvalue weighted by Gasteiger charge is -2.39. The Kier molecular flexibility index (Phi) is 6.49. The molecule has 0 aliphatic carbocycles. The Balaban J connectivity index is 1.33. The van der Waals surface area contributed by atoms with Crippen LogP contribution in [0.15, 0.2) is 59.8 Å². The summed E-state index contributed by atoms with van der Waals surface area (Å²) < 4.78 is 7.48. The van der Waals surface area contributed by atoms with Gasteiger partial charge in [0.1, 0.15) is 11.4 Å². The lowest BCUT2D eigenvalue weighted by molar-refractivity contribution is 0.00561. The van der Waals surface area contributed by atoms with Crippen molar-refractivity contribution in [3.63, 3.8) is 0 Å². The average Bonchev–Trinajstić information content (AvgIpc) is 3.46. The zero-order valence-electron chi connectivity index (χ0n) is 22.8. The first-order valence-corrected chi connectivity index (χ1v) is 14.7. The van der Waals surface area contributed by atoms with E-state index in [1.165, 1.54) is 0 Å². The molecule has 0 spiro atoms. The third-order valence-corrected chi connectivity index (χ3v) is 8.56. The van der Waals surface area contributed by atoms with Crippen molar-refractivity contribution in [1.29, 1.82) is 0 Å². The van der Waals surface area contributed by atoms with E-state index >= 15 is 0 Å². The Morgan fingerprint density at radius 2 is 1.74 bits per heavy atom. The van der Waals surface area contributed by atoms with Crippen LogP contribution in [0.5, 0.6) is 0 Å². The molecule has 2 N–H and O–H groups in total. The van der Waals surface area contributed by atoms with Gasteiger partial charge >= 0.3 is 6.09 Å². The number of nitrogens with zero attached hydrogens (tertiary/aromatic N) is 5. The number of rotatable bonds is 4. The summed E-state index contributed by atoms with van der Waals surface area (Å²) in [5, 5.41) is 4.60. The van der Waals surface area contributed by atoms with Gasteiger partial charge in [-0.3, -0.25) is 4.98 Å². The summed E-state index contributed by atoms with van der Waals surface area (Å²) >= 11 is 1.61. The minimum absolute atomic E-state index is 0.150. The lowest BCUT2D eigenvalue weighted by atomic mass is 9.88. The highest BCUT2D eigenvalue weighted by molar-refractivity contribution is 7.98. The molecular weight excluding hydrogens is 508 g/mol. The maximum absolute atomic E-state index is 13.0. The van der Waals surface area contributed by atoms with Gasteiger partial charge in [0, 0.05) is 40.9 Å². The topological polar surface area (TPSA) is 98.6 Å². The van der Waals surface area contributed by atoms with Gasteiger partial charge in [-0.05, 0) is 58.8 Å². The van der Waals surface area contributed by atoms with Crippen molar-refractivity contribution >= 4 is 29.3 Å². The second kappa shape index (κ2) is 9.86. The summed E-state index contributed by atoms with van der Waals surface area (Å²) in [6, 6.07) is 14.5. The smallest absolute Gasteiger partial charge is 0.410 e. The number of anilines is 1. The molecule has 9 heteroatoms. The van der Waals surface area contributed by atoms with Gasteiger partial charge in [-0.2, -0.15) is 9.61 Å². The zero-order valence-corrected chi connectivity index (χ0v) is 23.6. The van der Waals surface area contributed by atoms with E-state index in [4.69, 9.17) is 20.4 Å². The second-order valence-electron chi connectivity index (χ2n) is 11.4. The highest BCUT2D eigenvalue weighted by Crippen LogP contribution is 2.46. The number of fused-ring (bicyclic) bond motifs is 3. The summed E-state index contributed by atoms with van der Waals surface area (Å²) in [5.41, 5.74) is 11.8. The van der Waals surface area contributed by atoms with Gasteiger partial charge in [0.2, 0.25) is 0 Å². The molecule has 2 aliphatic rings. The lowest BCUT2D eigenvalue weighted by Crippen LogP contribution is -2.48. The highest BCUT2D eigenvalue weighted by atomic mass is 32.2. The van der Waals surface area contributed by atoms with Crippen molar-refractivity contribution in [3.8, 4) is 22.4 Å². The van der Waals surface area contributed by atoms with E-state index in [1.54, 1.807) is 16.3 Å². The van der Waals surface area contributed by atoms with Gasteiger partial charge in [0.05, 0.1) is 22.5 Å². The highest BCUT2D eigenvalue weighted by Gasteiger charge is 2.46. The molecular formula is C30H34N6O2S. The standard InChI is InChI=1S/C30H34N6O2S/c1-30(2,3)38-29(37)35-21-11-12-22(35)15-20(14-21)25-26(39-4)27(31)36-28(34-25)23(17-33-36)19-10-13-24(32-16-19)18-8-6-5-7-9-18/h5-10,13,16-17,20-22H,11-12,14-15,31H2,1-4H3/t20?,21-,22+. The normalized spacial score (nSPS) is 20.9. The van der Waals surface area contributed by atoms with E-state index in [2.05, 4.69) is 23.3 Å². The van der Waals surface area contributed by atoms with Crippen LogP contribution in [0.4, 0.5) is 10.6 Å². The molecule has 2 bridgehead atoms. The number of carbonyl (C=O) groups is 1. The molecule has 5 heterocycles. The molecule has 8 nitrogen and oxygen atoms in total. The molecule has 2 aliphatic heterocycles. The molecule has 39 heavy (non-hydrogen) atoms. The SMILES string of the molecule is CSc1c(C2C[C@H]3CC[C@@H](C2)N3C(=O)OC(C)(C)C)nc2c(-c3ccc(-c4ccccc4)nc3)cnn2c1N. The summed E-state index contributed by atoms with van der Waals surface area (Å²) in [6.45, 7) is 5.75. The van der Waals surface area contributed by atoms with Crippen LogP contribution in [-0.4, -0.2) is 54.5 Å². The van der Waals surface area contributed by atoms with E-state index in [9.17, 15) is 4.79 Å². The van der Waals surface area contributed by atoms with E-state index in [0.717, 1.165) is 64.3 Å². The number of pyridine rings is 1. The Hall–Kier alpha value is -3.59. The summed E-state index contributed by atoms with van der Waals surface area (Å²) in [6.07, 6.45) is 9.20. The molecule has 1 amide bonds. The Morgan fingerprint density at radius 1 is 1.03 bits per heavy atom. The number of ether oxygens (including phenoxy) is 1. The summed E-state index contributed by atoms with van der Waals surface area (Å²) in [7, 11) is 0. The molecule has 3 aromatic heterocycles. The monoisotopic (exact) mass is 542 g/mol. The Morgan fingerprint density at radius 3 is 2.36 bits per heavy atom. The predicted octanol–water partition coefficient (Wildman–Crippen LogP) is 6.41. The molecule has 4 aromatic rings. The van der Waals surface area contributed by atoms with Crippen molar-refractivity contribution in [3.05, 3.63) is 60.6 Å². The molecule has 2 saturated heterocycles. The van der Waals surface area contributed by atoms with Crippen LogP contribution >= 0.6 is 11.8 Å². The third kappa shape index (κ3) is 4.73. The maximum Gasteiger partial charge on any atom is 0.410 e. The zero-order chi connectivity index (χ0) is 27.3. The van der Waals surface area contributed by atoms with Crippen LogP contribution in [-0.2, 0) is 4.74 Å². The van der Waals surface area contributed by atoms with Crippen LogP contribution in [0.25, 0.3) is 28.0 Å². The first-order valence-electron chi connectivity index (χ1n) is 13.5. The quantitative estimate of drug-likeness (QED) is 0.298. The van der Waals surface area contributed by atoms with E-state index < -0.39 is 5.60 Å². The maximum atomic E-state index is 13.0. The number of benzene rings is 1. The van der Waals surface area contributed by atoms with Crippen molar-refractivity contribution in [2.45, 2.75) is 75.0 Å². The Bertz CT molecular complexity index is 1500. The van der Waals surface area contributed by atoms with Gasteiger partial charge < -0.3 is 15.4 Å². The van der Waals surface area contributed by atoms with Crippen LogP contribution in [0.2, 0.25) is 0 Å². The van der Waals surface area contributed by atoms with Crippen LogP contribution in [0, 0.1) is 0 Å². The summed E-state index contributed by atoms with van der Waals surface area (Å²) in [4.78, 5) is 25.9. The molecule has 6 rings (SSSR count). The largest absolute Gasteiger partial charge is 0.444 e. The molecule has 0 saturated carbocycles. The molecule has 3 atom stereocenters. The number of nitrogens with two attached hydrogens (primary N) is 1. The number of carbonyl (C=O) groups excluding carboxylic acids is 1. The number of thioether (sulfide) groups is 1. The Labute approximate surface area is 233 Å². The molecule has 0 radical (unpaired) electrons. The van der Waals surface area contributed by atoms with E-state index in [-0.39, 0.29) is 24.1 Å². The van der Waals surface area contributed by atoms with Crippen molar-refractivity contribution in [2.24, 2.45) is 0 Å². The number of amides is 1. The number of aromatic nitrogens is 4. The molecule has 2 fully saturated rings. The predicted molar refractivity (Wildman–Crippen MR) is 155 cm³/mol. The van der Waals surface area contributed by atoms with Gasteiger partial charge in [0.15, 0.2) is 5.65 Å². The average molecular weight is 543 g/mol. The fraction of sp³-hybridized carbons (Fsp3) is 0.400. The first kappa shape index (κ1) is 25.7. The van der Waals surface area contributed by atoms with Gasteiger partial charge in [-0.15, -0.1) is 11.8 Å². The molecule has 1 unspecified atom stereocenters. The number of piperidine rings is 1. The van der Waals surface area contributed by atoms with E-state index in [0.29, 0.717) is 5.82 Å². The fourth-order valence-corrected chi connectivity index (χ4v) is 6.77. The van der Waals surface area contributed by atoms with Crippen LogP contribution in [0.3, 0.4) is 0 Å². The van der Waals surface area contributed by atoms with Gasteiger partial charge in [-0.25, -0.2) is 9.78 Å². The first-order chi connectivity index (χ1) is 18.7. The third-order valence-electron chi connectivity index (χ3n) is 7.74. The van der Waals surface area contributed by atoms with Crippen LogP contribution in [0.1, 0.15) is 58.1 Å². The van der Waals surface area contributed by atoms with Crippen LogP contribution < -0.4 is 5.73 Å². The minimum atomic E-state index is -0.507. The van der Waals surface area contributed by atoms with Gasteiger partial charge in [0.25, 0.3) is 0 Å². The van der Waals surface area contributed by atoms with E-state index in [1.807, 2.05) is 68.6 Å². The van der Waals surface area contributed by atoms with Crippen molar-refractivity contribution in [2.75, 3.05) is 12.0 Å². The number of hydrogen-bond acceptors (Lipinski definition) is 7. The van der Waals surface area contributed by atoms with Crippen molar-refractivity contribution in [1.82, 2.24) is 24.5 Å². The second-order valence-corrected chi connectivity index (χ2v) is 12.3. The minimum Gasteiger partial charge on any atom is -0.444 e. The molecule has 202 valence electrons.